The van der Waals surface area contributed by atoms with Crippen LogP contribution in [-0.4, -0.2) is 13.7 Å². The van der Waals surface area contributed by atoms with Crippen molar-refractivity contribution in [1.82, 2.24) is 0 Å². The lowest BCUT2D eigenvalue weighted by Gasteiger charge is -2.14. The predicted molar refractivity (Wildman–Crippen MR) is 96.7 cm³/mol. The van der Waals surface area contributed by atoms with Gasteiger partial charge in [-0.15, -0.1) is 0 Å². The van der Waals surface area contributed by atoms with Gasteiger partial charge in [-0.05, 0) is 40.0 Å². The molecule has 0 aliphatic rings. The summed E-state index contributed by atoms with van der Waals surface area (Å²) in [6.45, 7) is 3.48. The van der Waals surface area contributed by atoms with Crippen LogP contribution in [-0.2, 0) is 6.54 Å². The highest BCUT2D eigenvalue weighted by Gasteiger charge is 2.11. The van der Waals surface area contributed by atoms with Gasteiger partial charge in [0.1, 0.15) is 0 Å². The van der Waals surface area contributed by atoms with Gasteiger partial charge in [0.05, 0.1) is 18.2 Å². The second kappa shape index (κ2) is 11.8. The number of hydrogen-bond donors (Lipinski definition) is 1. The molecule has 0 saturated carbocycles. The molecule has 0 heterocycles. The highest BCUT2D eigenvalue weighted by molar-refractivity contribution is 9.10. The second-order valence-corrected chi connectivity index (χ2v) is 6.49. The van der Waals surface area contributed by atoms with Crippen LogP contribution in [0.15, 0.2) is 16.6 Å². The molecule has 0 bridgehead atoms. The largest absolute Gasteiger partial charge is 0.493 e. The standard InChI is InChI=1S/C18H30BrNO2/c1-3-4-5-6-7-8-9-10-11-22-18-16(19)12-15(14-20)13-17(18)21-2/h12-13H,3-11,14,20H2,1-2H3. The van der Waals surface area contributed by atoms with E-state index in [-0.39, 0.29) is 0 Å². The van der Waals surface area contributed by atoms with Gasteiger partial charge in [0.25, 0.3) is 0 Å². The van der Waals surface area contributed by atoms with Gasteiger partial charge in [-0.25, -0.2) is 0 Å². The molecule has 1 rings (SSSR count). The van der Waals surface area contributed by atoms with Crippen molar-refractivity contribution in [3.8, 4) is 11.5 Å². The lowest BCUT2D eigenvalue weighted by molar-refractivity contribution is 0.282. The third-order valence-electron chi connectivity index (χ3n) is 3.77. The Balaban J connectivity index is 2.27. The van der Waals surface area contributed by atoms with Crippen LogP contribution >= 0.6 is 15.9 Å². The van der Waals surface area contributed by atoms with Crippen molar-refractivity contribution < 1.29 is 9.47 Å². The first kappa shape index (κ1) is 19.3. The quantitative estimate of drug-likeness (QED) is 0.497. The third-order valence-corrected chi connectivity index (χ3v) is 4.36. The Morgan fingerprint density at radius 2 is 1.64 bits per heavy atom. The molecule has 4 heteroatoms. The number of halogens is 1. The maximum absolute atomic E-state index is 5.89. The third kappa shape index (κ3) is 7.01. The van der Waals surface area contributed by atoms with E-state index in [4.69, 9.17) is 15.2 Å². The summed E-state index contributed by atoms with van der Waals surface area (Å²) in [6.07, 6.45) is 10.4. The second-order valence-electron chi connectivity index (χ2n) is 5.64. The van der Waals surface area contributed by atoms with E-state index < -0.39 is 0 Å². The molecule has 0 spiro atoms. The predicted octanol–water partition coefficient (Wildman–Crippen LogP) is 5.44. The summed E-state index contributed by atoms with van der Waals surface area (Å²) in [5, 5.41) is 0. The highest BCUT2D eigenvalue weighted by Crippen LogP contribution is 2.36. The fourth-order valence-corrected chi connectivity index (χ4v) is 3.05. The summed E-state index contributed by atoms with van der Waals surface area (Å²) in [7, 11) is 1.66. The van der Waals surface area contributed by atoms with Crippen LogP contribution in [0.4, 0.5) is 0 Å². The van der Waals surface area contributed by atoms with Crippen molar-refractivity contribution in [2.75, 3.05) is 13.7 Å². The minimum atomic E-state index is 0.493. The maximum atomic E-state index is 5.89. The van der Waals surface area contributed by atoms with Crippen LogP contribution in [0, 0.1) is 0 Å². The maximum Gasteiger partial charge on any atom is 0.175 e. The normalized spacial score (nSPS) is 10.7. The molecule has 0 unspecified atom stereocenters. The highest BCUT2D eigenvalue weighted by atomic mass is 79.9. The smallest absolute Gasteiger partial charge is 0.175 e. The van der Waals surface area contributed by atoms with Crippen molar-refractivity contribution in [3.05, 3.63) is 22.2 Å². The number of hydrogen-bond acceptors (Lipinski definition) is 3. The van der Waals surface area contributed by atoms with E-state index in [0.29, 0.717) is 6.54 Å². The Labute approximate surface area is 143 Å². The molecule has 22 heavy (non-hydrogen) atoms. The summed E-state index contributed by atoms with van der Waals surface area (Å²) >= 11 is 3.54. The zero-order valence-corrected chi connectivity index (χ0v) is 15.6. The molecule has 0 aliphatic heterocycles. The fraction of sp³-hybridized carbons (Fsp3) is 0.667. The van der Waals surface area contributed by atoms with E-state index in [1.165, 1.54) is 44.9 Å². The summed E-state index contributed by atoms with van der Waals surface area (Å²) in [6, 6.07) is 3.93. The van der Waals surface area contributed by atoms with Gasteiger partial charge >= 0.3 is 0 Å². The van der Waals surface area contributed by atoms with Gasteiger partial charge in [-0.3, -0.25) is 0 Å². The van der Waals surface area contributed by atoms with Crippen LogP contribution in [0.3, 0.4) is 0 Å². The fourth-order valence-electron chi connectivity index (χ4n) is 2.44. The van der Waals surface area contributed by atoms with Crippen molar-refractivity contribution in [1.29, 1.82) is 0 Å². The molecule has 0 aliphatic carbocycles. The van der Waals surface area contributed by atoms with Crippen molar-refractivity contribution in [2.24, 2.45) is 5.73 Å². The van der Waals surface area contributed by atoms with E-state index in [1.54, 1.807) is 7.11 Å². The summed E-state index contributed by atoms with van der Waals surface area (Å²) in [5.41, 5.74) is 6.70. The summed E-state index contributed by atoms with van der Waals surface area (Å²) < 4.78 is 12.2. The number of methoxy groups -OCH3 is 1. The minimum absolute atomic E-state index is 0.493. The van der Waals surface area contributed by atoms with Crippen molar-refractivity contribution >= 4 is 15.9 Å². The monoisotopic (exact) mass is 371 g/mol. The molecule has 1 aromatic rings. The lowest BCUT2D eigenvalue weighted by Crippen LogP contribution is -2.03. The molecule has 0 saturated heterocycles. The van der Waals surface area contributed by atoms with Crippen molar-refractivity contribution in [2.45, 2.75) is 64.8 Å². The van der Waals surface area contributed by atoms with Gasteiger partial charge in [-0.2, -0.15) is 0 Å². The molecule has 0 atom stereocenters. The first-order valence-corrected chi connectivity index (χ1v) is 9.21. The number of rotatable bonds is 12. The van der Waals surface area contributed by atoms with E-state index in [0.717, 1.165) is 34.6 Å². The number of nitrogens with two attached hydrogens (primary N) is 1. The van der Waals surface area contributed by atoms with Gasteiger partial charge < -0.3 is 15.2 Å². The average Bonchev–Trinajstić information content (AvgIpc) is 2.53. The minimum Gasteiger partial charge on any atom is -0.493 e. The van der Waals surface area contributed by atoms with Crippen LogP contribution in [0.5, 0.6) is 11.5 Å². The van der Waals surface area contributed by atoms with E-state index in [1.807, 2.05) is 12.1 Å². The molecule has 126 valence electrons. The van der Waals surface area contributed by atoms with Crippen molar-refractivity contribution in [3.63, 3.8) is 0 Å². The van der Waals surface area contributed by atoms with Gasteiger partial charge in [0.15, 0.2) is 11.5 Å². The molecule has 3 nitrogen and oxygen atoms in total. The summed E-state index contributed by atoms with van der Waals surface area (Å²) in [5.74, 6) is 1.53. The Kier molecular flexibility index (Phi) is 10.3. The Hall–Kier alpha value is -0.740. The van der Waals surface area contributed by atoms with Crippen LogP contribution in [0.1, 0.15) is 63.9 Å². The van der Waals surface area contributed by atoms with Gasteiger partial charge in [0, 0.05) is 6.54 Å². The van der Waals surface area contributed by atoms with E-state index in [2.05, 4.69) is 22.9 Å². The van der Waals surface area contributed by atoms with Crippen LogP contribution in [0.25, 0.3) is 0 Å². The molecule has 0 amide bonds. The summed E-state index contributed by atoms with van der Waals surface area (Å²) in [4.78, 5) is 0. The molecule has 0 aromatic heterocycles. The molecule has 2 N–H and O–H groups in total. The van der Waals surface area contributed by atoms with Gasteiger partial charge in [0.2, 0.25) is 0 Å². The first-order chi connectivity index (χ1) is 10.7. The lowest BCUT2D eigenvalue weighted by atomic mass is 10.1. The van der Waals surface area contributed by atoms with Crippen LogP contribution < -0.4 is 15.2 Å². The molecule has 0 fully saturated rings. The number of unbranched alkanes of at least 4 members (excludes halogenated alkanes) is 7. The van der Waals surface area contributed by atoms with E-state index in [9.17, 15) is 0 Å². The SMILES string of the molecule is CCCCCCCCCCOc1c(Br)cc(CN)cc1OC. The molecular weight excluding hydrogens is 342 g/mol. The molecular formula is C18H30BrNO2. The Morgan fingerprint density at radius 1 is 1.00 bits per heavy atom. The topological polar surface area (TPSA) is 44.5 Å². The van der Waals surface area contributed by atoms with Gasteiger partial charge in [-0.1, -0.05) is 51.9 Å². The number of ether oxygens (including phenoxy) is 2. The Bertz CT molecular complexity index is 424. The molecule has 0 radical (unpaired) electrons. The van der Waals surface area contributed by atoms with Crippen LogP contribution in [0.2, 0.25) is 0 Å². The average molecular weight is 372 g/mol. The zero-order chi connectivity index (χ0) is 16.2. The first-order valence-electron chi connectivity index (χ1n) is 8.42. The zero-order valence-electron chi connectivity index (χ0n) is 14.0. The number of benzene rings is 1. The van der Waals surface area contributed by atoms with E-state index >= 15 is 0 Å². The molecule has 1 aromatic carbocycles. The Morgan fingerprint density at radius 3 is 2.23 bits per heavy atom.